The van der Waals surface area contributed by atoms with Gasteiger partial charge in [-0.25, -0.2) is 0 Å². The highest BCUT2D eigenvalue weighted by atomic mass is 35.5. The maximum atomic E-state index is 12.5. The average molecular weight is 846 g/mol. The second-order valence-corrected chi connectivity index (χ2v) is 18.0. The number of rotatable bonds is 14. The SMILES string of the molecule is CCC(CC)C(=O)Nc1sc2c(c1C#N)CCC(N(C)Cc1ccccc1Cl)C2.CCC(CC)C(=O)Nc1sc2c(c1C#N)CCC(NCc1ccccc1Cl)C2. The van der Waals surface area contributed by atoms with Crippen molar-refractivity contribution in [1.29, 1.82) is 10.5 Å². The molecule has 2 aromatic heterocycles. The van der Waals surface area contributed by atoms with E-state index >= 15 is 0 Å². The molecule has 2 aliphatic rings. The molecule has 8 nitrogen and oxygen atoms in total. The van der Waals surface area contributed by atoms with Crippen LogP contribution in [0.3, 0.4) is 0 Å². The van der Waals surface area contributed by atoms with E-state index in [0.29, 0.717) is 23.2 Å². The number of anilines is 2. The molecule has 0 spiro atoms. The van der Waals surface area contributed by atoms with Crippen LogP contribution in [0.25, 0.3) is 0 Å². The molecular weight excluding hydrogens is 792 g/mol. The molecule has 2 heterocycles. The van der Waals surface area contributed by atoms with Crippen molar-refractivity contribution in [2.75, 3.05) is 17.7 Å². The van der Waals surface area contributed by atoms with Gasteiger partial charge in [0.1, 0.15) is 22.1 Å². The van der Waals surface area contributed by atoms with E-state index in [2.05, 4.69) is 46.1 Å². The summed E-state index contributed by atoms with van der Waals surface area (Å²) in [5.74, 6) is 0.0388. The molecule has 2 atom stereocenters. The number of hydrogen-bond donors (Lipinski definition) is 3. The summed E-state index contributed by atoms with van der Waals surface area (Å²) in [6.07, 6.45) is 8.71. The summed E-state index contributed by atoms with van der Waals surface area (Å²) in [4.78, 5) is 29.8. The van der Waals surface area contributed by atoms with Crippen LogP contribution in [0.15, 0.2) is 48.5 Å². The van der Waals surface area contributed by atoms with Crippen molar-refractivity contribution in [3.63, 3.8) is 0 Å². The van der Waals surface area contributed by atoms with Crippen molar-refractivity contribution in [3.8, 4) is 12.1 Å². The van der Waals surface area contributed by atoms with E-state index in [1.165, 1.54) is 9.75 Å². The number of nitriles is 2. The zero-order valence-electron chi connectivity index (χ0n) is 33.6. The molecule has 0 saturated carbocycles. The highest BCUT2D eigenvalue weighted by molar-refractivity contribution is 7.17. The lowest BCUT2D eigenvalue weighted by Gasteiger charge is -2.31. The fourth-order valence-electron chi connectivity index (χ4n) is 7.78. The number of nitrogens with one attached hydrogen (secondary N) is 3. The Morgan fingerprint density at radius 1 is 0.754 bits per heavy atom. The zero-order valence-corrected chi connectivity index (χ0v) is 36.8. The molecule has 6 rings (SSSR count). The van der Waals surface area contributed by atoms with E-state index in [1.807, 2.05) is 70.2 Å². The molecule has 3 N–H and O–H groups in total. The highest BCUT2D eigenvalue weighted by Crippen LogP contribution is 2.40. The van der Waals surface area contributed by atoms with Crippen LogP contribution < -0.4 is 16.0 Å². The minimum atomic E-state index is -0.00447. The van der Waals surface area contributed by atoms with Crippen molar-refractivity contribution < 1.29 is 9.59 Å². The molecule has 2 unspecified atom stereocenters. The predicted molar refractivity (Wildman–Crippen MR) is 236 cm³/mol. The van der Waals surface area contributed by atoms with Gasteiger partial charge in [0.05, 0.1) is 11.1 Å². The first-order chi connectivity index (χ1) is 27.5. The number of amides is 2. The summed E-state index contributed by atoms with van der Waals surface area (Å²) in [5.41, 5.74) is 5.78. The molecular formula is C45H54Cl2N6O2S2. The number of nitrogens with zero attached hydrogens (tertiary/aromatic N) is 3. The summed E-state index contributed by atoms with van der Waals surface area (Å²) in [7, 11) is 2.13. The Morgan fingerprint density at radius 3 is 1.72 bits per heavy atom. The van der Waals surface area contributed by atoms with Crippen LogP contribution in [0.1, 0.15) is 109 Å². The number of benzene rings is 2. The quantitative estimate of drug-likeness (QED) is 0.116. The van der Waals surface area contributed by atoms with Gasteiger partial charge in [0.15, 0.2) is 0 Å². The zero-order chi connectivity index (χ0) is 41.1. The number of carbonyl (C=O) groups excluding carboxylic acids is 2. The van der Waals surface area contributed by atoms with Gasteiger partial charge >= 0.3 is 0 Å². The Balaban J connectivity index is 0.000000218. The lowest BCUT2D eigenvalue weighted by molar-refractivity contribution is -0.120. The van der Waals surface area contributed by atoms with E-state index in [4.69, 9.17) is 23.2 Å². The first kappa shape index (κ1) is 44.4. The van der Waals surface area contributed by atoms with Gasteiger partial charge in [-0.3, -0.25) is 14.5 Å². The van der Waals surface area contributed by atoms with Crippen molar-refractivity contribution in [2.45, 2.75) is 117 Å². The summed E-state index contributed by atoms with van der Waals surface area (Å²) >= 11 is 15.7. The first-order valence-corrected chi connectivity index (χ1v) is 22.6. The normalized spacial score (nSPS) is 15.9. The molecule has 0 saturated heterocycles. The smallest absolute Gasteiger partial charge is 0.228 e. The summed E-state index contributed by atoms with van der Waals surface area (Å²) in [6.45, 7) is 9.62. The summed E-state index contributed by atoms with van der Waals surface area (Å²) < 4.78 is 0. The molecule has 0 radical (unpaired) electrons. The molecule has 0 fully saturated rings. The van der Waals surface area contributed by atoms with Crippen LogP contribution in [0.4, 0.5) is 10.0 Å². The van der Waals surface area contributed by atoms with E-state index in [-0.39, 0.29) is 23.7 Å². The van der Waals surface area contributed by atoms with Crippen LogP contribution in [-0.2, 0) is 48.4 Å². The van der Waals surface area contributed by atoms with Gasteiger partial charge in [0, 0.05) is 56.8 Å². The molecule has 4 aromatic rings. The van der Waals surface area contributed by atoms with Crippen molar-refractivity contribution >= 4 is 67.7 Å². The second kappa shape index (κ2) is 21.3. The Labute approximate surface area is 356 Å². The van der Waals surface area contributed by atoms with E-state index in [9.17, 15) is 20.1 Å². The van der Waals surface area contributed by atoms with Crippen LogP contribution in [0.5, 0.6) is 0 Å². The Morgan fingerprint density at radius 2 is 1.23 bits per heavy atom. The fraction of sp³-hybridized carbons (Fsp3) is 0.467. The Kier molecular flexibility index (Phi) is 16.6. The number of thiophene rings is 2. The minimum Gasteiger partial charge on any atom is -0.316 e. The molecule has 0 bridgehead atoms. The highest BCUT2D eigenvalue weighted by Gasteiger charge is 2.30. The van der Waals surface area contributed by atoms with Crippen molar-refractivity contribution in [3.05, 3.63) is 102 Å². The lowest BCUT2D eigenvalue weighted by atomic mass is 9.91. The van der Waals surface area contributed by atoms with Crippen LogP contribution in [0, 0.1) is 34.5 Å². The summed E-state index contributed by atoms with van der Waals surface area (Å²) in [5, 5.41) is 32.0. The van der Waals surface area contributed by atoms with Gasteiger partial charge in [0.25, 0.3) is 0 Å². The predicted octanol–water partition coefficient (Wildman–Crippen LogP) is 10.9. The van der Waals surface area contributed by atoms with Crippen LogP contribution >= 0.6 is 45.9 Å². The third kappa shape index (κ3) is 11.1. The van der Waals surface area contributed by atoms with Crippen molar-refractivity contribution in [2.24, 2.45) is 11.8 Å². The van der Waals surface area contributed by atoms with Crippen molar-refractivity contribution in [1.82, 2.24) is 10.2 Å². The third-order valence-electron chi connectivity index (χ3n) is 11.5. The first-order valence-electron chi connectivity index (χ1n) is 20.2. The van der Waals surface area contributed by atoms with Crippen LogP contribution in [-0.4, -0.2) is 35.8 Å². The summed E-state index contributed by atoms with van der Waals surface area (Å²) in [6, 6.07) is 21.2. The molecule has 12 heteroatoms. The number of halogens is 2. The molecule has 57 heavy (non-hydrogen) atoms. The van der Waals surface area contributed by atoms with E-state index in [1.54, 1.807) is 22.7 Å². The van der Waals surface area contributed by atoms with Crippen LogP contribution in [0.2, 0.25) is 10.0 Å². The number of likely N-dealkylation sites (N-methyl/N-ethyl adjacent to an activating group) is 1. The average Bonchev–Trinajstić information content (AvgIpc) is 3.74. The van der Waals surface area contributed by atoms with Gasteiger partial charge in [-0.05, 0) is 106 Å². The molecule has 2 amide bonds. The molecule has 2 aromatic carbocycles. The van der Waals surface area contributed by atoms with E-state index in [0.717, 1.165) is 120 Å². The number of fused-ring (bicyclic) bond motifs is 2. The Hall–Kier alpha value is -3.74. The second-order valence-electron chi connectivity index (χ2n) is 15.0. The number of carbonyl (C=O) groups is 2. The molecule has 0 aliphatic heterocycles. The topological polar surface area (TPSA) is 121 Å². The van der Waals surface area contributed by atoms with Gasteiger partial charge < -0.3 is 16.0 Å². The van der Waals surface area contributed by atoms with E-state index < -0.39 is 0 Å². The maximum Gasteiger partial charge on any atom is 0.228 e. The molecule has 302 valence electrons. The fourth-order valence-corrected chi connectivity index (χ4v) is 10.7. The minimum absolute atomic E-state index is 0.00398. The lowest BCUT2D eigenvalue weighted by Crippen LogP contribution is -2.35. The van der Waals surface area contributed by atoms with Gasteiger partial charge in [-0.2, -0.15) is 10.5 Å². The molecule has 2 aliphatic carbocycles. The monoisotopic (exact) mass is 844 g/mol. The van der Waals surface area contributed by atoms with Gasteiger partial charge in [-0.15, -0.1) is 22.7 Å². The third-order valence-corrected chi connectivity index (χ3v) is 14.5. The standard InChI is InChI=1S/C23H28ClN3OS.C22H26ClN3OS/c1-4-15(5-2)22(28)26-23-19(13-25)18-11-10-17(12-21(18)29-23)27(3)14-16-8-6-7-9-20(16)24;1-3-14(4-2)21(27)26-22-18(12-24)17-10-9-16(11-20(17)28-22)25-13-15-7-5-6-8-19(15)23/h6-9,15,17H,4-5,10-12,14H2,1-3H3,(H,26,28);5-8,14,16,25H,3-4,9-11,13H2,1-2H3,(H,26,27). The maximum absolute atomic E-state index is 12.5. The van der Waals surface area contributed by atoms with Gasteiger partial charge in [0.2, 0.25) is 11.8 Å². The number of hydrogen-bond acceptors (Lipinski definition) is 8. The largest absolute Gasteiger partial charge is 0.316 e. The Bertz CT molecular complexity index is 2090. The van der Waals surface area contributed by atoms with Gasteiger partial charge in [-0.1, -0.05) is 87.3 Å².